The Bertz CT molecular complexity index is 847. The van der Waals surface area contributed by atoms with Crippen LogP contribution in [0.5, 0.6) is 0 Å². The molecule has 0 aliphatic heterocycles. The Morgan fingerprint density at radius 3 is 2.75 bits per heavy atom. The predicted octanol–water partition coefficient (Wildman–Crippen LogP) is 3.21. The third-order valence-electron chi connectivity index (χ3n) is 3.41. The number of rotatable bonds is 5. The van der Waals surface area contributed by atoms with E-state index in [1.54, 1.807) is 12.4 Å². The molecule has 24 heavy (non-hydrogen) atoms. The number of anilines is 1. The molecule has 3 rings (SSSR count). The van der Waals surface area contributed by atoms with Crippen molar-refractivity contribution in [2.45, 2.75) is 19.0 Å². The first kappa shape index (κ1) is 16.2. The molecule has 0 aliphatic carbocycles. The fraction of sp³-hybridized carbons (Fsp3) is 0.176. The van der Waals surface area contributed by atoms with Gasteiger partial charge < -0.3 is 5.32 Å². The van der Waals surface area contributed by atoms with Crippen LogP contribution in [0, 0.1) is 13.8 Å². The largest absolute Gasteiger partial charge is 0.325 e. The Labute approximate surface area is 144 Å². The lowest BCUT2D eigenvalue weighted by atomic mass is 10.1. The minimum Gasteiger partial charge on any atom is -0.325 e. The van der Waals surface area contributed by atoms with E-state index in [2.05, 4.69) is 25.5 Å². The highest BCUT2D eigenvalue weighted by Gasteiger charge is 2.10. The van der Waals surface area contributed by atoms with E-state index in [1.165, 1.54) is 17.3 Å². The van der Waals surface area contributed by atoms with Gasteiger partial charge in [0, 0.05) is 23.6 Å². The van der Waals surface area contributed by atoms with Crippen LogP contribution in [0.2, 0.25) is 0 Å². The molecule has 0 radical (unpaired) electrons. The summed E-state index contributed by atoms with van der Waals surface area (Å²) in [7, 11) is 0. The fourth-order valence-corrected chi connectivity index (χ4v) is 2.82. The lowest BCUT2D eigenvalue weighted by molar-refractivity contribution is -0.113. The van der Waals surface area contributed by atoms with E-state index in [0.29, 0.717) is 11.0 Å². The number of carbonyl (C=O) groups excluding carboxylic acids is 1. The van der Waals surface area contributed by atoms with E-state index in [4.69, 9.17) is 0 Å². The van der Waals surface area contributed by atoms with E-state index in [9.17, 15) is 4.79 Å². The molecule has 0 fully saturated rings. The third-order valence-corrected chi connectivity index (χ3v) is 4.25. The summed E-state index contributed by atoms with van der Waals surface area (Å²) in [5, 5.41) is 10.4. The molecular weight excluding hydrogens is 322 g/mol. The maximum atomic E-state index is 12.1. The molecule has 0 saturated heterocycles. The van der Waals surface area contributed by atoms with Gasteiger partial charge in [0.25, 0.3) is 0 Å². The Balaban J connectivity index is 1.58. The molecule has 2 heterocycles. The van der Waals surface area contributed by atoms with Gasteiger partial charge in [-0.3, -0.25) is 14.9 Å². The van der Waals surface area contributed by atoms with E-state index in [1.807, 2.05) is 44.2 Å². The van der Waals surface area contributed by atoms with Gasteiger partial charge in [0.05, 0.1) is 5.75 Å². The Kier molecular flexibility index (Phi) is 4.90. The number of benzene rings is 1. The number of aryl methyl sites for hydroxylation is 2. The molecule has 1 amide bonds. The van der Waals surface area contributed by atoms with Crippen molar-refractivity contribution >= 4 is 23.4 Å². The highest BCUT2D eigenvalue weighted by Crippen LogP contribution is 2.20. The van der Waals surface area contributed by atoms with Crippen molar-refractivity contribution in [3.05, 3.63) is 53.9 Å². The number of aromatic nitrogens is 4. The van der Waals surface area contributed by atoms with Crippen LogP contribution in [-0.4, -0.2) is 31.8 Å². The van der Waals surface area contributed by atoms with Crippen molar-refractivity contribution < 1.29 is 4.79 Å². The fourth-order valence-electron chi connectivity index (χ4n) is 2.22. The standard InChI is InChI=1S/C17H17N5OS/c1-11-3-4-14(12(2)9-11)19-15(23)10-24-17-20-16(21-22-17)13-5-7-18-8-6-13/h3-9H,10H2,1-2H3,(H,19,23)(H,20,21,22). The van der Waals surface area contributed by atoms with Crippen molar-refractivity contribution in [1.82, 2.24) is 20.2 Å². The first-order valence-electron chi connectivity index (χ1n) is 7.44. The Hall–Kier alpha value is -2.67. The van der Waals surface area contributed by atoms with E-state index >= 15 is 0 Å². The van der Waals surface area contributed by atoms with Gasteiger partial charge in [-0.15, -0.1) is 5.10 Å². The monoisotopic (exact) mass is 339 g/mol. The average Bonchev–Trinajstić information content (AvgIpc) is 3.05. The molecule has 122 valence electrons. The zero-order valence-corrected chi connectivity index (χ0v) is 14.2. The molecule has 6 nitrogen and oxygen atoms in total. The third kappa shape index (κ3) is 3.99. The van der Waals surface area contributed by atoms with Gasteiger partial charge in [0.15, 0.2) is 5.82 Å². The van der Waals surface area contributed by atoms with Crippen LogP contribution >= 0.6 is 11.8 Å². The van der Waals surface area contributed by atoms with Crippen LogP contribution in [0.4, 0.5) is 5.69 Å². The maximum absolute atomic E-state index is 12.1. The predicted molar refractivity (Wildman–Crippen MR) is 94.9 cm³/mol. The second-order valence-electron chi connectivity index (χ2n) is 5.36. The average molecular weight is 339 g/mol. The number of thioether (sulfide) groups is 1. The zero-order chi connectivity index (χ0) is 16.9. The van der Waals surface area contributed by atoms with Gasteiger partial charge in [-0.05, 0) is 37.6 Å². The van der Waals surface area contributed by atoms with Crippen molar-refractivity contribution in [3.63, 3.8) is 0 Å². The summed E-state index contributed by atoms with van der Waals surface area (Å²) < 4.78 is 0. The van der Waals surface area contributed by atoms with Gasteiger partial charge in [-0.1, -0.05) is 29.5 Å². The molecule has 7 heteroatoms. The molecule has 0 spiro atoms. The second-order valence-corrected chi connectivity index (χ2v) is 6.30. The molecule has 0 bridgehead atoms. The minimum atomic E-state index is -0.0813. The zero-order valence-electron chi connectivity index (χ0n) is 13.4. The number of amides is 1. The summed E-state index contributed by atoms with van der Waals surface area (Å²) in [5.74, 6) is 0.831. The summed E-state index contributed by atoms with van der Waals surface area (Å²) >= 11 is 1.29. The van der Waals surface area contributed by atoms with Gasteiger partial charge in [-0.2, -0.15) is 0 Å². The molecule has 0 unspecified atom stereocenters. The molecule has 2 aromatic heterocycles. The Morgan fingerprint density at radius 2 is 2.00 bits per heavy atom. The van der Waals surface area contributed by atoms with Crippen molar-refractivity contribution in [1.29, 1.82) is 0 Å². The number of hydrogen-bond donors (Lipinski definition) is 2. The summed E-state index contributed by atoms with van der Waals surface area (Å²) in [6.07, 6.45) is 3.39. The van der Waals surface area contributed by atoms with Crippen LogP contribution in [-0.2, 0) is 4.79 Å². The molecule has 0 saturated carbocycles. The van der Waals surface area contributed by atoms with Crippen molar-refractivity contribution in [2.24, 2.45) is 0 Å². The van der Waals surface area contributed by atoms with E-state index in [-0.39, 0.29) is 11.7 Å². The van der Waals surface area contributed by atoms with E-state index < -0.39 is 0 Å². The first-order valence-corrected chi connectivity index (χ1v) is 8.43. The van der Waals surface area contributed by atoms with Gasteiger partial charge >= 0.3 is 0 Å². The summed E-state index contributed by atoms with van der Waals surface area (Å²) in [5.41, 5.74) is 3.96. The molecule has 2 N–H and O–H groups in total. The topological polar surface area (TPSA) is 83.6 Å². The smallest absolute Gasteiger partial charge is 0.234 e. The number of aromatic amines is 1. The normalized spacial score (nSPS) is 10.6. The first-order chi connectivity index (χ1) is 11.6. The number of nitrogens with zero attached hydrogens (tertiary/aromatic N) is 3. The summed E-state index contributed by atoms with van der Waals surface area (Å²) in [4.78, 5) is 20.4. The van der Waals surface area contributed by atoms with Gasteiger partial charge in [-0.25, -0.2) is 4.98 Å². The highest BCUT2D eigenvalue weighted by molar-refractivity contribution is 7.99. The SMILES string of the molecule is Cc1ccc(NC(=O)CSc2n[nH]c(-c3ccncc3)n2)c(C)c1. The summed E-state index contributed by atoms with van der Waals surface area (Å²) in [6, 6.07) is 9.64. The number of nitrogens with one attached hydrogen (secondary N) is 2. The molecule has 0 atom stereocenters. The molecule has 0 aliphatic rings. The lowest BCUT2D eigenvalue weighted by Gasteiger charge is -2.08. The van der Waals surface area contributed by atoms with Crippen molar-refractivity contribution in [2.75, 3.05) is 11.1 Å². The second kappa shape index (κ2) is 7.27. The van der Waals surface area contributed by atoms with Gasteiger partial charge in [0.2, 0.25) is 11.1 Å². The molecular formula is C17H17N5OS. The molecule has 1 aromatic carbocycles. The van der Waals surface area contributed by atoms with Crippen molar-refractivity contribution in [3.8, 4) is 11.4 Å². The van der Waals surface area contributed by atoms with Crippen LogP contribution in [0.1, 0.15) is 11.1 Å². The number of carbonyl (C=O) groups is 1. The quantitative estimate of drug-likeness (QED) is 0.697. The number of H-pyrrole nitrogens is 1. The molecule has 3 aromatic rings. The maximum Gasteiger partial charge on any atom is 0.234 e. The summed E-state index contributed by atoms with van der Waals surface area (Å²) in [6.45, 7) is 4.00. The van der Waals surface area contributed by atoms with Crippen LogP contribution < -0.4 is 5.32 Å². The number of hydrogen-bond acceptors (Lipinski definition) is 5. The number of pyridine rings is 1. The van der Waals surface area contributed by atoms with Crippen LogP contribution in [0.3, 0.4) is 0 Å². The Morgan fingerprint density at radius 1 is 1.21 bits per heavy atom. The van der Waals surface area contributed by atoms with Gasteiger partial charge in [0.1, 0.15) is 0 Å². The highest BCUT2D eigenvalue weighted by atomic mass is 32.2. The van der Waals surface area contributed by atoms with E-state index in [0.717, 1.165) is 16.8 Å². The van der Waals surface area contributed by atoms with Crippen LogP contribution in [0.25, 0.3) is 11.4 Å². The van der Waals surface area contributed by atoms with Crippen LogP contribution in [0.15, 0.2) is 47.9 Å². The lowest BCUT2D eigenvalue weighted by Crippen LogP contribution is -2.15. The minimum absolute atomic E-state index is 0.0813.